The highest BCUT2D eigenvalue weighted by Crippen LogP contribution is 2.47. The first kappa shape index (κ1) is 22.6. The van der Waals surface area contributed by atoms with Crippen LogP contribution in [0.15, 0.2) is 84.9 Å². The molecule has 0 atom stereocenters. The first-order chi connectivity index (χ1) is 17.0. The van der Waals surface area contributed by atoms with E-state index in [1.165, 1.54) is 5.56 Å². The van der Waals surface area contributed by atoms with Crippen LogP contribution < -0.4 is 0 Å². The van der Waals surface area contributed by atoms with Crippen molar-refractivity contribution >= 4 is 21.5 Å². The zero-order valence-corrected chi connectivity index (χ0v) is 19.6. The predicted molar refractivity (Wildman–Crippen MR) is 141 cm³/mol. The number of phenolic OH excluding ortho intramolecular Hbond substituents is 4. The van der Waals surface area contributed by atoms with Gasteiger partial charge in [0.25, 0.3) is 0 Å². The van der Waals surface area contributed by atoms with E-state index in [-0.39, 0.29) is 23.0 Å². The van der Waals surface area contributed by atoms with Gasteiger partial charge in [0.1, 0.15) is 23.0 Å². The summed E-state index contributed by atoms with van der Waals surface area (Å²) in [5.74, 6) is -0.221. The summed E-state index contributed by atoms with van der Waals surface area (Å²) in [6.45, 7) is 2.17. The minimum Gasteiger partial charge on any atom is -0.508 e. The number of hydrogen-bond acceptors (Lipinski definition) is 4. The third-order valence-corrected chi connectivity index (χ3v) is 6.76. The number of phenols is 4. The molecule has 0 aliphatic heterocycles. The first-order valence-corrected chi connectivity index (χ1v) is 11.9. The van der Waals surface area contributed by atoms with Crippen LogP contribution in [0.4, 0.5) is 0 Å². The summed E-state index contributed by atoms with van der Waals surface area (Å²) in [6, 6.07) is 25.3. The van der Waals surface area contributed by atoms with E-state index in [0.717, 1.165) is 35.6 Å². The monoisotopic (exact) mass is 464 g/mol. The molecule has 0 spiro atoms. The molecule has 0 radical (unpaired) electrons. The van der Waals surface area contributed by atoms with Crippen LogP contribution in [-0.2, 0) is 6.42 Å². The van der Waals surface area contributed by atoms with Crippen LogP contribution >= 0.6 is 0 Å². The average molecular weight is 465 g/mol. The lowest BCUT2D eigenvalue weighted by molar-refractivity contribution is 0.460. The fourth-order valence-electron chi connectivity index (χ4n) is 4.98. The van der Waals surface area contributed by atoms with Gasteiger partial charge in [0.05, 0.1) is 0 Å². The van der Waals surface area contributed by atoms with Crippen molar-refractivity contribution in [2.45, 2.75) is 32.1 Å². The van der Waals surface area contributed by atoms with E-state index < -0.39 is 5.92 Å². The predicted octanol–water partition coefficient (Wildman–Crippen LogP) is 7.34. The fourth-order valence-corrected chi connectivity index (χ4v) is 4.98. The van der Waals surface area contributed by atoms with Gasteiger partial charge in [0.2, 0.25) is 0 Å². The van der Waals surface area contributed by atoms with E-state index in [4.69, 9.17) is 0 Å². The highest BCUT2D eigenvalue weighted by molar-refractivity contribution is 5.94. The number of aromatic hydroxyl groups is 4. The lowest BCUT2D eigenvalue weighted by Crippen LogP contribution is -2.06. The van der Waals surface area contributed by atoms with Gasteiger partial charge in [-0.2, -0.15) is 0 Å². The summed E-state index contributed by atoms with van der Waals surface area (Å²) >= 11 is 0. The topological polar surface area (TPSA) is 80.9 Å². The van der Waals surface area contributed by atoms with E-state index in [1.54, 1.807) is 36.4 Å². The van der Waals surface area contributed by atoms with Crippen LogP contribution in [0.3, 0.4) is 0 Å². The molecule has 0 aliphatic carbocycles. The van der Waals surface area contributed by atoms with Crippen LogP contribution in [0.2, 0.25) is 0 Å². The Morgan fingerprint density at radius 2 is 1.09 bits per heavy atom. The van der Waals surface area contributed by atoms with Gasteiger partial charge in [-0.05, 0) is 81.9 Å². The smallest absolute Gasteiger partial charge is 0.120 e. The molecule has 0 unspecified atom stereocenters. The SMILES string of the molecule is CCCCc1ccc(C(c2c(O)ccc3ccc(O)cc23)c2c(O)ccc3ccc(O)cc23)cc1. The zero-order chi connectivity index (χ0) is 24.5. The van der Waals surface area contributed by atoms with Crippen molar-refractivity contribution < 1.29 is 20.4 Å². The molecule has 0 saturated heterocycles. The van der Waals surface area contributed by atoms with Crippen LogP contribution in [0.25, 0.3) is 21.5 Å². The maximum Gasteiger partial charge on any atom is 0.120 e. The van der Waals surface area contributed by atoms with Crippen molar-refractivity contribution in [1.82, 2.24) is 0 Å². The normalized spacial score (nSPS) is 11.5. The molecule has 4 N–H and O–H groups in total. The van der Waals surface area contributed by atoms with Crippen molar-refractivity contribution in [3.8, 4) is 23.0 Å². The van der Waals surface area contributed by atoms with Crippen molar-refractivity contribution in [2.24, 2.45) is 0 Å². The maximum atomic E-state index is 11.2. The Morgan fingerprint density at radius 3 is 1.57 bits per heavy atom. The van der Waals surface area contributed by atoms with Crippen molar-refractivity contribution in [3.05, 3.63) is 107 Å². The van der Waals surface area contributed by atoms with Crippen LogP contribution in [0, 0.1) is 0 Å². The number of benzene rings is 5. The van der Waals surface area contributed by atoms with E-state index >= 15 is 0 Å². The van der Waals surface area contributed by atoms with E-state index in [0.29, 0.717) is 21.9 Å². The zero-order valence-electron chi connectivity index (χ0n) is 19.6. The Morgan fingerprint density at radius 1 is 0.600 bits per heavy atom. The minimum atomic E-state index is -0.550. The summed E-state index contributed by atoms with van der Waals surface area (Å²) in [5, 5.41) is 46.0. The molecule has 4 nitrogen and oxygen atoms in total. The third kappa shape index (κ3) is 4.24. The molecule has 5 rings (SSSR count). The molecule has 0 bridgehead atoms. The largest absolute Gasteiger partial charge is 0.508 e. The maximum absolute atomic E-state index is 11.2. The van der Waals surface area contributed by atoms with E-state index in [9.17, 15) is 20.4 Å². The summed E-state index contributed by atoms with van der Waals surface area (Å²) in [7, 11) is 0. The number of hydrogen-bond donors (Lipinski definition) is 4. The first-order valence-electron chi connectivity index (χ1n) is 11.9. The molecule has 0 fully saturated rings. The summed E-state index contributed by atoms with van der Waals surface area (Å²) in [6.07, 6.45) is 3.21. The molecule has 0 saturated carbocycles. The van der Waals surface area contributed by atoms with Gasteiger partial charge < -0.3 is 20.4 Å². The second-order valence-corrected chi connectivity index (χ2v) is 9.09. The van der Waals surface area contributed by atoms with Gasteiger partial charge in [0.15, 0.2) is 0 Å². The van der Waals surface area contributed by atoms with Gasteiger partial charge in [0, 0.05) is 17.0 Å². The second-order valence-electron chi connectivity index (χ2n) is 9.09. The summed E-state index contributed by atoms with van der Waals surface area (Å²) in [5.41, 5.74) is 3.30. The Hall–Kier alpha value is -4.18. The average Bonchev–Trinajstić information content (AvgIpc) is 2.86. The molecule has 0 heterocycles. The number of fused-ring (bicyclic) bond motifs is 2. The van der Waals surface area contributed by atoms with Gasteiger partial charge >= 0.3 is 0 Å². The van der Waals surface area contributed by atoms with E-state index in [2.05, 4.69) is 19.1 Å². The Bertz CT molecular complexity index is 1420. The van der Waals surface area contributed by atoms with Crippen molar-refractivity contribution in [3.63, 3.8) is 0 Å². The lowest BCUT2D eigenvalue weighted by Gasteiger charge is -2.24. The lowest BCUT2D eigenvalue weighted by atomic mass is 9.79. The minimum absolute atomic E-state index is 0.0692. The van der Waals surface area contributed by atoms with Gasteiger partial charge in [-0.3, -0.25) is 0 Å². The molecule has 35 heavy (non-hydrogen) atoms. The van der Waals surface area contributed by atoms with Crippen LogP contribution in [0.1, 0.15) is 47.9 Å². The summed E-state index contributed by atoms with van der Waals surface area (Å²) < 4.78 is 0. The van der Waals surface area contributed by atoms with Crippen LogP contribution in [-0.4, -0.2) is 20.4 Å². The molecule has 5 aromatic rings. The van der Waals surface area contributed by atoms with Crippen molar-refractivity contribution in [2.75, 3.05) is 0 Å². The van der Waals surface area contributed by atoms with Crippen LogP contribution in [0.5, 0.6) is 23.0 Å². The second kappa shape index (κ2) is 9.22. The fraction of sp³-hybridized carbons (Fsp3) is 0.161. The number of aryl methyl sites for hydroxylation is 1. The Labute approximate surface area is 204 Å². The molecular formula is C31H28O4. The molecule has 176 valence electrons. The Balaban J connectivity index is 1.84. The van der Waals surface area contributed by atoms with Gasteiger partial charge in [-0.25, -0.2) is 0 Å². The number of unbranched alkanes of at least 4 members (excludes halogenated alkanes) is 1. The molecule has 4 heteroatoms. The molecule has 0 amide bonds. The summed E-state index contributed by atoms with van der Waals surface area (Å²) in [4.78, 5) is 0. The quantitative estimate of drug-likeness (QED) is 0.198. The van der Waals surface area contributed by atoms with Gasteiger partial charge in [-0.1, -0.05) is 61.9 Å². The van der Waals surface area contributed by atoms with E-state index in [1.807, 2.05) is 36.4 Å². The molecular weight excluding hydrogens is 436 g/mol. The highest BCUT2D eigenvalue weighted by atomic mass is 16.3. The Kier molecular flexibility index (Phi) is 5.96. The number of rotatable bonds is 6. The van der Waals surface area contributed by atoms with Crippen molar-refractivity contribution in [1.29, 1.82) is 0 Å². The standard InChI is InChI=1S/C31H28O4/c1-2-3-4-19-5-7-22(8-6-19)29(30-25-17-23(32)13-9-20(25)11-15-27(30)34)31-26-18-24(33)14-10-21(26)12-16-28(31)35/h5-18,29,32-35H,2-4H2,1H3. The molecule has 5 aromatic carbocycles. The molecule has 0 aromatic heterocycles. The molecule has 0 aliphatic rings. The highest BCUT2D eigenvalue weighted by Gasteiger charge is 2.27. The van der Waals surface area contributed by atoms with Gasteiger partial charge in [-0.15, -0.1) is 0 Å². The third-order valence-electron chi connectivity index (χ3n) is 6.76.